The molecule has 0 saturated heterocycles. The Morgan fingerprint density at radius 3 is 1.00 bits per heavy atom. The normalized spacial score (nSPS) is 0. The van der Waals surface area contributed by atoms with Crippen LogP contribution in [0.4, 0.5) is 0 Å². The molecule has 0 heterocycles. The summed E-state index contributed by atoms with van der Waals surface area (Å²) in [5, 5.41) is 0. The van der Waals surface area contributed by atoms with Crippen molar-refractivity contribution < 1.29 is 49.1 Å². The molecule has 5 heavy (non-hydrogen) atoms. The quantitative estimate of drug-likeness (QED) is 0.430. The van der Waals surface area contributed by atoms with E-state index in [-0.39, 0.29) is 59.0 Å². The van der Waals surface area contributed by atoms with Gasteiger partial charge in [-0.25, -0.2) is 0 Å². The average Bonchev–Trinajstić information content (AvgIpc) is 0. The zero-order valence-corrected chi connectivity index (χ0v) is 6.89. The molecule has 0 amide bonds. The maximum Gasteiger partial charge on any atom is 3.00 e. The minimum atomic E-state index is 0. The Kier molecular flexibility index (Phi) is 992. The molecule has 0 radical (unpaired) electrons. The van der Waals surface area contributed by atoms with Crippen molar-refractivity contribution in [3.05, 3.63) is 0 Å². The Morgan fingerprint density at radius 1 is 1.00 bits per heavy atom. The van der Waals surface area contributed by atoms with E-state index in [1.165, 1.54) is 0 Å². The minimum Gasteiger partial charge on any atom is -2.00 e. The third-order valence-electron chi connectivity index (χ3n) is 0. The van der Waals surface area contributed by atoms with E-state index in [0.29, 0.717) is 0 Å². The van der Waals surface area contributed by atoms with Gasteiger partial charge in [-0.2, -0.15) is 9.90 Å². The molecule has 0 aromatic carbocycles. The molecule has 1 atom stereocenters. The molecule has 0 saturated carbocycles. The molecule has 3 nitrogen and oxygen atoms in total. The summed E-state index contributed by atoms with van der Waals surface area (Å²) in [7, 11) is 0. The molecule has 0 aromatic rings. The fourth-order valence-corrected chi connectivity index (χ4v) is 0. The summed E-state index contributed by atoms with van der Waals surface area (Å²) in [5.74, 6) is 0. The fourth-order valence-electron chi connectivity index (χ4n) is 0. The first-order chi connectivity index (χ1) is 0. The van der Waals surface area contributed by atoms with Crippen molar-refractivity contribution in [1.29, 1.82) is 0 Å². The molecule has 0 fully saturated rings. The van der Waals surface area contributed by atoms with Crippen LogP contribution in [-0.2, 0) is 38.2 Å². The molecule has 0 aliphatic rings. The summed E-state index contributed by atoms with van der Waals surface area (Å²) >= 11 is 0. The van der Waals surface area contributed by atoms with Crippen molar-refractivity contribution >= 4 is 9.90 Å². The van der Waals surface area contributed by atoms with E-state index in [1.807, 2.05) is 0 Å². The van der Waals surface area contributed by atoms with Crippen LogP contribution in [0, 0.1) is 0 Å². The second-order valence-electron chi connectivity index (χ2n) is 0. The molecule has 0 rings (SSSR count). The van der Waals surface area contributed by atoms with Crippen LogP contribution in [0.3, 0.4) is 0 Å². The van der Waals surface area contributed by atoms with Crippen LogP contribution < -0.4 is 0 Å². The van der Waals surface area contributed by atoms with Gasteiger partial charge in [0, 0.05) is 0 Å². The summed E-state index contributed by atoms with van der Waals surface area (Å²) in [4.78, 5) is 0. The summed E-state index contributed by atoms with van der Waals surface area (Å²) < 4.78 is 0. The topological polar surface area (TPSA) is 90.0 Å². The van der Waals surface area contributed by atoms with E-state index in [0.717, 1.165) is 0 Å². The van der Waals surface area contributed by atoms with E-state index >= 15 is 0 Å². The summed E-state index contributed by atoms with van der Waals surface area (Å²) in [5.41, 5.74) is 0. The van der Waals surface area contributed by atoms with Gasteiger partial charge in [0.2, 0.25) is 0 Å². The average molecular weight is 174 g/mol. The van der Waals surface area contributed by atoms with Gasteiger partial charge in [0.05, 0.1) is 0 Å². The molecule has 32 valence electrons. The van der Waals surface area contributed by atoms with Gasteiger partial charge >= 0.3 is 32.7 Å². The standard InChI is InChI=1S/2H2O.O.H3P.Y/h2*1H2;;1H3;/q;;-2;;+3/p-1. The fraction of sp³-hybridized carbons (Fsp3) is 0. The van der Waals surface area contributed by atoms with E-state index in [9.17, 15) is 0 Å². The van der Waals surface area contributed by atoms with Crippen LogP contribution in [-0.4, -0.2) is 11.0 Å². The molecular formula is H6O3PY. The maximum absolute atomic E-state index is 0. The molecule has 3 N–H and O–H groups in total. The van der Waals surface area contributed by atoms with Gasteiger partial charge in [-0.1, -0.05) is 0 Å². The van der Waals surface area contributed by atoms with Gasteiger partial charge in [0.1, 0.15) is 0 Å². The van der Waals surface area contributed by atoms with Gasteiger partial charge < -0.3 is 16.4 Å². The third kappa shape index (κ3) is 31.6. The van der Waals surface area contributed by atoms with E-state index in [2.05, 4.69) is 0 Å². The van der Waals surface area contributed by atoms with Gasteiger partial charge in [-0.15, -0.1) is 0 Å². The molecule has 0 aromatic heterocycles. The van der Waals surface area contributed by atoms with Gasteiger partial charge in [-0.05, 0) is 0 Å². The Labute approximate surface area is 58.9 Å². The first kappa shape index (κ1) is 94.0. The molecule has 0 spiro atoms. The van der Waals surface area contributed by atoms with E-state index in [1.54, 1.807) is 0 Å². The smallest absolute Gasteiger partial charge is 2.00 e. The van der Waals surface area contributed by atoms with Crippen molar-refractivity contribution in [2.45, 2.75) is 0 Å². The second kappa shape index (κ2) is 52.8. The van der Waals surface area contributed by atoms with Gasteiger partial charge in [-0.3, -0.25) is 0 Å². The van der Waals surface area contributed by atoms with Crippen LogP contribution in [0.25, 0.3) is 0 Å². The molecule has 5 heteroatoms. The van der Waals surface area contributed by atoms with Crippen LogP contribution in [0.1, 0.15) is 0 Å². The monoisotopic (exact) mass is 174 g/mol. The maximum atomic E-state index is 0. The molecule has 0 bridgehead atoms. The Morgan fingerprint density at radius 2 is 1.00 bits per heavy atom. The van der Waals surface area contributed by atoms with Crippen molar-refractivity contribution in [2.75, 3.05) is 0 Å². The Balaban J connectivity index is 0. The van der Waals surface area contributed by atoms with Crippen molar-refractivity contribution in [1.82, 2.24) is 0 Å². The Bertz CT molecular complexity index is 6.85. The zero-order valence-electron chi connectivity index (χ0n) is 2.64. The first-order valence-corrected chi connectivity index (χ1v) is 0. The predicted molar refractivity (Wildman–Crippen MR) is 17.3 cm³/mol. The third-order valence-corrected chi connectivity index (χ3v) is 0. The molecular weight excluding hydrogens is 168 g/mol. The van der Waals surface area contributed by atoms with Crippen molar-refractivity contribution in [3.63, 3.8) is 0 Å². The van der Waals surface area contributed by atoms with Crippen LogP contribution in [0.2, 0.25) is 0 Å². The van der Waals surface area contributed by atoms with Crippen molar-refractivity contribution in [2.24, 2.45) is 0 Å². The van der Waals surface area contributed by atoms with Crippen LogP contribution in [0.5, 0.6) is 0 Å². The zero-order chi connectivity index (χ0) is 0. The molecule has 0 aliphatic carbocycles. The molecule has 1 unspecified atom stereocenters. The van der Waals surface area contributed by atoms with Crippen LogP contribution in [0.15, 0.2) is 0 Å². The van der Waals surface area contributed by atoms with E-state index in [4.69, 9.17) is 0 Å². The SMILES string of the molecule is O.P.[O-2].[OH-].[Y+3]. The number of rotatable bonds is 0. The van der Waals surface area contributed by atoms with Gasteiger partial charge in [0.25, 0.3) is 0 Å². The first-order valence-electron chi connectivity index (χ1n) is 0. The molecule has 0 aliphatic heterocycles. The largest absolute Gasteiger partial charge is 3.00 e. The summed E-state index contributed by atoms with van der Waals surface area (Å²) in [6.45, 7) is 0. The predicted octanol–water partition coefficient (Wildman–Crippen LogP) is -1.06. The van der Waals surface area contributed by atoms with Crippen molar-refractivity contribution in [3.8, 4) is 0 Å². The van der Waals surface area contributed by atoms with E-state index < -0.39 is 0 Å². The Hall–Kier alpha value is 1.41. The van der Waals surface area contributed by atoms with Gasteiger partial charge in [0.15, 0.2) is 0 Å². The van der Waals surface area contributed by atoms with Crippen LogP contribution >= 0.6 is 9.90 Å². The minimum absolute atomic E-state index is 0. The number of hydrogen-bond acceptors (Lipinski definition) is 1. The summed E-state index contributed by atoms with van der Waals surface area (Å²) in [6, 6.07) is 0. The summed E-state index contributed by atoms with van der Waals surface area (Å²) in [6.07, 6.45) is 0. The second-order valence-corrected chi connectivity index (χ2v) is 0. The number of hydrogen-bond donors (Lipinski definition) is 0.